The maximum Gasteiger partial charge on any atom is 0.338 e. The predicted molar refractivity (Wildman–Crippen MR) is 72.6 cm³/mol. The van der Waals surface area contributed by atoms with E-state index in [4.69, 9.17) is 4.74 Å². The van der Waals surface area contributed by atoms with Crippen LogP contribution in [0.1, 0.15) is 18.9 Å². The minimum atomic E-state index is -0.405. The van der Waals surface area contributed by atoms with Crippen LogP contribution in [0.3, 0.4) is 0 Å². The molecule has 2 rings (SSSR count). The second-order valence-electron chi connectivity index (χ2n) is 4.59. The first-order chi connectivity index (χ1) is 9.20. The molecule has 0 bridgehead atoms. The fourth-order valence-electron chi connectivity index (χ4n) is 2.19. The topological polar surface area (TPSA) is 49.8 Å². The highest BCUT2D eigenvalue weighted by atomic mass is 16.5. The minimum absolute atomic E-state index is 0.169. The first-order valence-corrected chi connectivity index (χ1v) is 6.55. The Hall–Kier alpha value is -1.81. The van der Waals surface area contributed by atoms with Gasteiger partial charge in [0.05, 0.1) is 12.2 Å². The van der Waals surface area contributed by atoms with Gasteiger partial charge in [-0.2, -0.15) is 0 Å². The number of benzene rings is 1. The minimum Gasteiger partial charge on any atom is -0.512 e. The maximum absolute atomic E-state index is 11.7. The number of carbonyl (C=O) groups excluding carboxylic acids is 1. The summed E-state index contributed by atoms with van der Waals surface area (Å²) in [6.45, 7) is 4.06. The molecule has 0 saturated heterocycles. The summed E-state index contributed by atoms with van der Waals surface area (Å²) in [4.78, 5) is 13.9. The van der Waals surface area contributed by atoms with E-state index in [1.165, 1.54) is 5.56 Å². The highest BCUT2D eigenvalue weighted by molar-refractivity contribution is 5.89. The van der Waals surface area contributed by atoms with Gasteiger partial charge >= 0.3 is 5.97 Å². The number of aliphatic hydroxyl groups excluding tert-OH is 1. The predicted octanol–water partition coefficient (Wildman–Crippen LogP) is 2.27. The second kappa shape index (κ2) is 6.38. The van der Waals surface area contributed by atoms with Crippen LogP contribution in [0.4, 0.5) is 0 Å². The summed E-state index contributed by atoms with van der Waals surface area (Å²) in [6.07, 6.45) is 0.501. The van der Waals surface area contributed by atoms with E-state index in [9.17, 15) is 9.90 Å². The van der Waals surface area contributed by atoms with Gasteiger partial charge in [-0.1, -0.05) is 30.3 Å². The van der Waals surface area contributed by atoms with Crippen molar-refractivity contribution in [1.29, 1.82) is 0 Å². The molecule has 0 aromatic heterocycles. The van der Waals surface area contributed by atoms with Crippen molar-refractivity contribution in [2.75, 3.05) is 19.7 Å². The summed E-state index contributed by atoms with van der Waals surface area (Å²) in [5, 5.41) is 9.80. The van der Waals surface area contributed by atoms with Gasteiger partial charge in [-0.3, -0.25) is 4.90 Å². The van der Waals surface area contributed by atoms with Crippen molar-refractivity contribution in [3.05, 3.63) is 47.2 Å². The van der Waals surface area contributed by atoms with Gasteiger partial charge in [-0.05, 0) is 12.5 Å². The molecule has 0 radical (unpaired) electrons. The molecule has 4 heteroatoms. The molecular weight excluding hydrogens is 242 g/mol. The van der Waals surface area contributed by atoms with Crippen molar-refractivity contribution in [3.63, 3.8) is 0 Å². The van der Waals surface area contributed by atoms with E-state index in [-0.39, 0.29) is 5.76 Å². The van der Waals surface area contributed by atoms with Crippen LogP contribution in [-0.4, -0.2) is 35.7 Å². The maximum atomic E-state index is 11.7. The number of hydrogen-bond donors (Lipinski definition) is 1. The number of esters is 1. The highest BCUT2D eigenvalue weighted by Gasteiger charge is 2.24. The molecule has 0 spiro atoms. The third kappa shape index (κ3) is 3.58. The second-order valence-corrected chi connectivity index (χ2v) is 4.59. The van der Waals surface area contributed by atoms with Gasteiger partial charge in [0.25, 0.3) is 0 Å². The number of hydrogen-bond acceptors (Lipinski definition) is 4. The van der Waals surface area contributed by atoms with Gasteiger partial charge in [-0.15, -0.1) is 0 Å². The average molecular weight is 261 g/mol. The number of aliphatic hydroxyl groups is 1. The summed E-state index contributed by atoms with van der Waals surface area (Å²) in [7, 11) is 0. The lowest BCUT2D eigenvalue weighted by Crippen LogP contribution is -2.34. The Morgan fingerprint density at radius 2 is 2.11 bits per heavy atom. The molecule has 0 saturated carbocycles. The normalized spacial score (nSPS) is 16.5. The van der Waals surface area contributed by atoms with Gasteiger partial charge in [0, 0.05) is 26.1 Å². The van der Waals surface area contributed by atoms with Gasteiger partial charge in [0.2, 0.25) is 0 Å². The van der Waals surface area contributed by atoms with Crippen molar-refractivity contribution in [1.82, 2.24) is 4.90 Å². The van der Waals surface area contributed by atoms with E-state index in [1.807, 2.05) is 18.2 Å². The van der Waals surface area contributed by atoms with Crippen LogP contribution in [0.25, 0.3) is 0 Å². The molecule has 1 aliphatic rings. The molecule has 4 nitrogen and oxygen atoms in total. The third-order valence-electron chi connectivity index (χ3n) is 3.17. The summed E-state index contributed by atoms with van der Waals surface area (Å²) in [5.74, 6) is -0.236. The number of rotatable bonds is 4. The van der Waals surface area contributed by atoms with Crippen LogP contribution >= 0.6 is 0 Å². The van der Waals surface area contributed by atoms with E-state index >= 15 is 0 Å². The van der Waals surface area contributed by atoms with E-state index in [0.717, 1.165) is 13.1 Å². The Morgan fingerprint density at radius 3 is 2.79 bits per heavy atom. The molecule has 19 heavy (non-hydrogen) atoms. The molecule has 1 aromatic rings. The molecule has 0 amide bonds. The fraction of sp³-hybridized carbons (Fsp3) is 0.400. The Labute approximate surface area is 113 Å². The van der Waals surface area contributed by atoms with Crippen molar-refractivity contribution < 1.29 is 14.6 Å². The van der Waals surface area contributed by atoms with Crippen molar-refractivity contribution >= 4 is 5.97 Å². The zero-order valence-electron chi connectivity index (χ0n) is 11.1. The van der Waals surface area contributed by atoms with Crippen molar-refractivity contribution in [2.45, 2.75) is 19.9 Å². The Bertz CT molecular complexity index is 468. The van der Waals surface area contributed by atoms with Crippen LogP contribution in [0.5, 0.6) is 0 Å². The van der Waals surface area contributed by atoms with E-state index in [2.05, 4.69) is 17.0 Å². The molecule has 1 aliphatic heterocycles. The lowest BCUT2D eigenvalue weighted by atomic mass is 10.1. The molecule has 0 unspecified atom stereocenters. The number of carbonyl (C=O) groups is 1. The standard InChI is InChI=1S/C15H19NO3/c1-2-19-15(18)13-11-16(9-8-14(13)17)10-12-6-4-3-5-7-12/h3-7,17H,2,8-11H2,1H3. The van der Waals surface area contributed by atoms with Crippen LogP contribution in [0, 0.1) is 0 Å². The summed E-state index contributed by atoms with van der Waals surface area (Å²) < 4.78 is 4.97. The van der Waals surface area contributed by atoms with E-state index in [0.29, 0.717) is 25.1 Å². The van der Waals surface area contributed by atoms with Gasteiger partial charge in [-0.25, -0.2) is 4.79 Å². The molecule has 0 atom stereocenters. The van der Waals surface area contributed by atoms with Gasteiger partial charge in [0.1, 0.15) is 5.76 Å². The molecule has 1 N–H and O–H groups in total. The molecule has 1 heterocycles. The summed E-state index contributed by atoms with van der Waals surface area (Å²) >= 11 is 0. The fourth-order valence-corrected chi connectivity index (χ4v) is 2.19. The number of nitrogens with zero attached hydrogens (tertiary/aromatic N) is 1. The summed E-state index contributed by atoms with van der Waals surface area (Å²) in [5.41, 5.74) is 1.59. The van der Waals surface area contributed by atoms with Gasteiger partial charge in [0.15, 0.2) is 0 Å². The highest BCUT2D eigenvalue weighted by Crippen LogP contribution is 2.19. The lowest BCUT2D eigenvalue weighted by molar-refractivity contribution is -0.139. The van der Waals surface area contributed by atoms with E-state index < -0.39 is 5.97 Å². The SMILES string of the molecule is CCOC(=O)C1=C(O)CCN(Cc2ccccc2)C1. The smallest absolute Gasteiger partial charge is 0.338 e. The Morgan fingerprint density at radius 1 is 1.37 bits per heavy atom. The largest absolute Gasteiger partial charge is 0.512 e. The van der Waals surface area contributed by atoms with Crippen LogP contribution < -0.4 is 0 Å². The Kier molecular flexibility index (Phi) is 4.58. The zero-order chi connectivity index (χ0) is 13.7. The van der Waals surface area contributed by atoms with Crippen LogP contribution in [0.2, 0.25) is 0 Å². The zero-order valence-corrected chi connectivity index (χ0v) is 11.1. The Balaban J connectivity index is 2.02. The molecule has 0 aliphatic carbocycles. The molecular formula is C15H19NO3. The average Bonchev–Trinajstić information content (AvgIpc) is 2.42. The van der Waals surface area contributed by atoms with Crippen LogP contribution in [0.15, 0.2) is 41.7 Å². The van der Waals surface area contributed by atoms with Crippen LogP contribution in [-0.2, 0) is 16.1 Å². The lowest BCUT2D eigenvalue weighted by Gasteiger charge is -2.27. The first-order valence-electron chi connectivity index (χ1n) is 6.55. The first kappa shape index (κ1) is 13.6. The monoisotopic (exact) mass is 261 g/mol. The molecule has 0 fully saturated rings. The molecule has 1 aromatic carbocycles. The van der Waals surface area contributed by atoms with E-state index in [1.54, 1.807) is 6.92 Å². The number of ether oxygens (including phenoxy) is 1. The quantitative estimate of drug-likeness (QED) is 0.845. The van der Waals surface area contributed by atoms with Crippen molar-refractivity contribution in [3.8, 4) is 0 Å². The summed E-state index contributed by atoms with van der Waals surface area (Å²) in [6, 6.07) is 10.1. The van der Waals surface area contributed by atoms with Gasteiger partial charge < -0.3 is 9.84 Å². The van der Waals surface area contributed by atoms with Crippen molar-refractivity contribution in [2.24, 2.45) is 0 Å². The molecule has 102 valence electrons. The third-order valence-corrected chi connectivity index (χ3v) is 3.17.